The Morgan fingerprint density at radius 1 is 1.22 bits per heavy atom. The standard InChI is InChI=1S/C18H21N7O2/c1-12-9-23(18(26)14-3-2-4-15-19-11-20-25(14)15)10-16-21-22-17(24(12)16)13-5-7-27-8-6-13/h2-4,11-13H,5-10H2,1H3/t12-/m0/s1. The average molecular weight is 367 g/mol. The zero-order chi connectivity index (χ0) is 18.4. The molecule has 0 radical (unpaired) electrons. The minimum Gasteiger partial charge on any atom is -0.381 e. The summed E-state index contributed by atoms with van der Waals surface area (Å²) in [5.74, 6) is 2.19. The van der Waals surface area contributed by atoms with Gasteiger partial charge < -0.3 is 14.2 Å². The van der Waals surface area contributed by atoms with E-state index < -0.39 is 0 Å². The number of hydrogen-bond donors (Lipinski definition) is 0. The summed E-state index contributed by atoms with van der Waals surface area (Å²) < 4.78 is 9.27. The molecular weight excluding hydrogens is 346 g/mol. The number of pyridine rings is 1. The van der Waals surface area contributed by atoms with E-state index in [1.807, 2.05) is 17.0 Å². The van der Waals surface area contributed by atoms with E-state index in [-0.39, 0.29) is 11.9 Å². The zero-order valence-corrected chi connectivity index (χ0v) is 15.2. The Balaban J connectivity index is 1.44. The molecule has 2 aliphatic heterocycles. The molecule has 5 heterocycles. The summed E-state index contributed by atoms with van der Waals surface area (Å²) >= 11 is 0. The summed E-state index contributed by atoms with van der Waals surface area (Å²) in [6, 6.07) is 5.57. The summed E-state index contributed by atoms with van der Waals surface area (Å²) in [5.41, 5.74) is 1.17. The highest BCUT2D eigenvalue weighted by Crippen LogP contribution is 2.31. The van der Waals surface area contributed by atoms with E-state index in [1.165, 1.54) is 6.33 Å². The highest BCUT2D eigenvalue weighted by Gasteiger charge is 2.33. The molecule has 3 aromatic heterocycles. The summed E-state index contributed by atoms with van der Waals surface area (Å²) in [6.07, 6.45) is 3.41. The van der Waals surface area contributed by atoms with Gasteiger partial charge >= 0.3 is 0 Å². The van der Waals surface area contributed by atoms with Crippen LogP contribution in [0.2, 0.25) is 0 Å². The van der Waals surface area contributed by atoms with Crippen molar-refractivity contribution in [3.63, 3.8) is 0 Å². The monoisotopic (exact) mass is 367 g/mol. The van der Waals surface area contributed by atoms with Gasteiger partial charge in [-0.3, -0.25) is 4.79 Å². The number of hydrogen-bond acceptors (Lipinski definition) is 6. The van der Waals surface area contributed by atoms with Crippen LogP contribution in [0.5, 0.6) is 0 Å². The van der Waals surface area contributed by atoms with Gasteiger partial charge in [-0.05, 0) is 31.9 Å². The molecule has 0 saturated carbocycles. The van der Waals surface area contributed by atoms with Crippen LogP contribution in [0.25, 0.3) is 5.65 Å². The number of ether oxygens (including phenoxy) is 1. The molecule has 0 aliphatic carbocycles. The Morgan fingerprint density at radius 3 is 2.93 bits per heavy atom. The number of aromatic nitrogens is 6. The second-order valence-corrected chi connectivity index (χ2v) is 7.21. The van der Waals surface area contributed by atoms with E-state index in [4.69, 9.17) is 4.74 Å². The first-order valence-electron chi connectivity index (χ1n) is 9.32. The lowest BCUT2D eigenvalue weighted by molar-refractivity contribution is 0.0660. The Labute approximate surface area is 156 Å². The first-order valence-corrected chi connectivity index (χ1v) is 9.32. The number of nitrogens with zero attached hydrogens (tertiary/aromatic N) is 7. The van der Waals surface area contributed by atoms with Gasteiger partial charge in [-0.15, -0.1) is 10.2 Å². The molecule has 1 saturated heterocycles. The van der Waals surface area contributed by atoms with Crippen molar-refractivity contribution >= 4 is 11.6 Å². The maximum Gasteiger partial charge on any atom is 0.273 e. The minimum atomic E-state index is -0.0696. The summed E-state index contributed by atoms with van der Waals surface area (Å²) in [5, 5.41) is 13.1. The summed E-state index contributed by atoms with van der Waals surface area (Å²) in [4.78, 5) is 19.1. The van der Waals surface area contributed by atoms with Crippen LogP contribution in [0.3, 0.4) is 0 Å². The molecule has 3 aromatic rings. The third-order valence-corrected chi connectivity index (χ3v) is 5.44. The first kappa shape index (κ1) is 16.4. The molecule has 9 nitrogen and oxygen atoms in total. The van der Waals surface area contributed by atoms with Crippen molar-refractivity contribution in [2.24, 2.45) is 0 Å². The lowest BCUT2D eigenvalue weighted by atomic mass is 9.99. The maximum absolute atomic E-state index is 13.1. The SMILES string of the molecule is C[C@H]1CN(C(=O)c2cccc3ncnn23)Cc2nnc(C3CCOCC3)n21. The van der Waals surface area contributed by atoms with Crippen molar-refractivity contribution < 1.29 is 9.53 Å². The Kier molecular flexibility index (Phi) is 3.89. The second-order valence-electron chi connectivity index (χ2n) is 7.21. The number of carbonyl (C=O) groups excluding carboxylic acids is 1. The Morgan fingerprint density at radius 2 is 2.07 bits per heavy atom. The largest absolute Gasteiger partial charge is 0.381 e. The molecule has 0 aromatic carbocycles. The highest BCUT2D eigenvalue weighted by molar-refractivity contribution is 5.93. The van der Waals surface area contributed by atoms with E-state index in [9.17, 15) is 4.79 Å². The average Bonchev–Trinajstić information content (AvgIpc) is 3.35. The van der Waals surface area contributed by atoms with Gasteiger partial charge in [-0.1, -0.05) is 6.07 Å². The summed E-state index contributed by atoms with van der Waals surface area (Å²) in [6.45, 7) is 4.72. The van der Waals surface area contributed by atoms with Crippen LogP contribution in [0.15, 0.2) is 24.5 Å². The molecular formula is C18H21N7O2. The molecule has 0 spiro atoms. The maximum atomic E-state index is 13.1. The van der Waals surface area contributed by atoms with E-state index in [0.717, 1.165) is 37.7 Å². The van der Waals surface area contributed by atoms with Crippen molar-refractivity contribution in [2.75, 3.05) is 19.8 Å². The van der Waals surface area contributed by atoms with Crippen LogP contribution in [-0.4, -0.2) is 59.9 Å². The molecule has 0 unspecified atom stereocenters. The predicted octanol–water partition coefficient (Wildman–Crippen LogP) is 1.43. The van der Waals surface area contributed by atoms with Crippen LogP contribution in [-0.2, 0) is 11.3 Å². The summed E-state index contributed by atoms with van der Waals surface area (Å²) in [7, 11) is 0. The quantitative estimate of drug-likeness (QED) is 0.681. The van der Waals surface area contributed by atoms with Gasteiger partial charge in [0.05, 0.1) is 12.6 Å². The number of amides is 1. The lowest BCUT2D eigenvalue weighted by Crippen LogP contribution is -2.41. The van der Waals surface area contributed by atoms with Crippen molar-refractivity contribution in [1.29, 1.82) is 0 Å². The molecule has 1 atom stereocenters. The van der Waals surface area contributed by atoms with Crippen LogP contribution >= 0.6 is 0 Å². The van der Waals surface area contributed by atoms with Crippen molar-refractivity contribution in [2.45, 2.75) is 38.3 Å². The van der Waals surface area contributed by atoms with E-state index in [2.05, 4.69) is 31.8 Å². The first-order chi connectivity index (χ1) is 13.2. The second kappa shape index (κ2) is 6.41. The van der Waals surface area contributed by atoms with Crippen LogP contribution in [0.1, 0.15) is 53.9 Å². The molecule has 1 amide bonds. The smallest absolute Gasteiger partial charge is 0.273 e. The fourth-order valence-electron chi connectivity index (χ4n) is 4.12. The third-order valence-electron chi connectivity index (χ3n) is 5.44. The molecule has 140 valence electrons. The molecule has 9 heteroatoms. The van der Waals surface area contributed by atoms with Gasteiger partial charge in [0.15, 0.2) is 11.5 Å². The molecule has 0 N–H and O–H groups in total. The van der Waals surface area contributed by atoms with E-state index in [1.54, 1.807) is 10.6 Å². The third kappa shape index (κ3) is 2.69. The van der Waals surface area contributed by atoms with Crippen molar-refractivity contribution in [3.05, 3.63) is 41.9 Å². The molecule has 0 bridgehead atoms. The van der Waals surface area contributed by atoms with Crippen LogP contribution < -0.4 is 0 Å². The van der Waals surface area contributed by atoms with Gasteiger partial charge in [-0.2, -0.15) is 5.10 Å². The molecule has 27 heavy (non-hydrogen) atoms. The molecule has 2 aliphatic rings. The fourth-order valence-corrected chi connectivity index (χ4v) is 4.12. The van der Waals surface area contributed by atoms with Gasteiger partial charge in [0.2, 0.25) is 0 Å². The van der Waals surface area contributed by atoms with E-state index in [0.29, 0.717) is 30.3 Å². The highest BCUT2D eigenvalue weighted by atomic mass is 16.5. The number of carbonyl (C=O) groups is 1. The van der Waals surface area contributed by atoms with Gasteiger partial charge in [0, 0.05) is 25.7 Å². The fraction of sp³-hybridized carbons (Fsp3) is 0.500. The van der Waals surface area contributed by atoms with Gasteiger partial charge in [0.25, 0.3) is 5.91 Å². The molecule has 1 fully saturated rings. The van der Waals surface area contributed by atoms with E-state index >= 15 is 0 Å². The predicted molar refractivity (Wildman–Crippen MR) is 95.3 cm³/mol. The normalized spacial score (nSPS) is 20.8. The van der Waals surface area contributed by atoms with Crippen LogP contribution in [0, 0.1) is 0 Å². The minimum absolute atomic E-state index is 0.0696. The number of fused-ring (bicyclic) bond motifs is 2. The Hall–Kier alpha value is -2.81. The van der Waals surface area contributed by atoms with Gasteiger partial charge in [0.1, 0.15) is 17.8 Å². The Bertz CT molecular complexity index is 989. The molecule has 5 rings (SSSR count). The lowest BCUT2D eigenvalue weighted by Gasteiger charge is -2.34. The number of rotatable bonds is 2. The van der Waals surface area contributed by atoms with Crippen LogP contribution in [0.4, 0.5) is 0 Å². The van der Waals surface area contributed by atoms with Crippen molar-refractivity contribution in [3.8, 4) is 0 Å². The van der Waals surface area contributed by atoms with Gasteiger partial charge in [-0.25, -0.2) is 9.50 Å². The van der Waals surface area contributed by atoms with Crippen molar-refractivity contribution in [1.82, 2.24) is 34.3 Å². The zero-order valence-electron chi connectivity index (χ0n) is 15.2. The topological polar surface area (TPSA) is 90.4 Å².